The minimum atomic E-state index is -2.72. The minimum Gasteiger partial charge on any atom is -0.461 e. The molecule has 0 bridgehead atoms. The van der Waals surface area contributed by atoms with Crippen LogP contribution in [-0.2, 0) is 23.4 Å². The van der Waals surface area contributed by atoms with Crippen LogP contribution in [0.3, 0.4) is 0 Å². The van der Waals surface area contributed by atoms with Crippen LogP contribution in [0.25, 0.3) is 0 Å². The Hall–Kier alpha value is -2.89. The molecule has 5 atom stereocenters. The third-order valence-electron chi connectivity index (χ3n) is 6.12. The van der Waals surface area contributed by atoms with Crippen molar-refractivity contribution in [1.29, 1.82) is 0 Å². The van der Waals surface area contributed by atoms with E-state index in [2.05, 4.69) is 4.98 Å². The maximum absolute atomic E-state index is 13.1. The SMILES string of the molecule is Cc1cn([C@@H]2C[C@@H](O)[C@H](CO[P+](=O)N(Oc3ccccc3)C(C)C(=O)OC3CCC3)O2)c(=O)[nH]c1=O. The van der Waals surface area contributed by atoms with Crippen LogP contribution in [0.1, 0.15) is 44.4 Å². The Kier molecular flexibility index (Phi) is 8.32. The summed E-state index contributed by atoms with van der Waals surface area (Å²) in [7, 11) is -2.72. The van der Waals surface area contributed by atoms with Gasteiger partial charge in [0.05, 0.1) is 6.10 Å². The Morgan fingerprint density at radius 2 is 2.03 bits per heavy atom. The number of nitrogens with one attached hydrogen (secondary N) is 1. The van der Waals surface area contributed by atoms with Gasteiger partial charge in [-0.05, 0) is 49.8 Å². The number of aliphatic hydroxyl groups is 1. The number of esters is 1. The van der Waals surface area contributed by atoms with Crippen molar-refractivity contribution in [1.82, 2.24) is 14.4 Å². The zero-order valence-corrected chi connectivity index (χ0v) is 20.8. The van der Waals surface area contributed by atoms with E-state index in [1.54, 1.807) is 37.3 Å². The molecule has 194 valence electrons. The molecule has 13 heteroatoms. The van der Waals surface area contributed by atoms with E-state index in [-0.39, 0.29) is 19.1 Å². The van der Waals surface area contributed by atoms with Crippen LogP contribution < -0.4 is 16.1 Å². The molecule has 1 aliphatic heterocycles. The standard InChI is InChI=1S/C23H28N3O9P/c1-14-12-25(23(30)24-21(14)28)20-11-18(27)19(34-20)13-32-36(31)26(35-17-7-4-3-5-8-17)15(2)22(29)33-16-9-6-10-16/h3-5,7-8,12,15-16,18-20,27H,6,9-11,13H2,1-2H3/p+1/t15?,18-,19+,20+/m1/s1. The van der Waals surface area contributed by atoms with E-state index >= 15 is 0 Å². The fourth-order valence-electron chi connectivity index (χ4n) is 3.71. The van der Waals surface area contributed by atoms with Crippen molar-refractivity contribution in [2.24, 2.45) is 0 Å². The number of aryl methyl sites for hydroxylation is 1. The molecule has 1 aromatic heterocycles. The maximum Gasteiger partial charge on any atom is 0.653 e. The van der Waals surface area contributed by atoms with Crippen LogP contribution in [0.5, 0.6) is 5.75 Å². The molecule has 2 N–H and O–H groups in total. The molecule has 2 fully saturated rings. The molecule has 2 aliphatic rings. The molecule has 0 spiro atoms. The lowest BCUT2D eigenvalue weighted by Gasteiger charge is -2.27. The van der Waals surface area contributed by atoms with Crippen LogP contribution in [-0.4, -0.2) is 56.4 Å². The monoisotopic (exact) mass is 522 g/mol. The molecule has 2 aromatic rings. The first-order valence-electron chi connectivity index (χ1n) is 11.7. The predicted octanol–water partition coefficient (Wildman–Crippen LogP) is 1.95. The molecule has 1 saturated heterocycles. The summed E-state index contributed by atoms with van der Waals surface area (Å²) in [6, 6.07) is 7.47. The molecule has 1 aromatic carbocycles. The molecule has 36 heavy (non-hydrogen) atoms. The van der Waals surface area contributed by atoms with Crippen molar-refractivity contribution < 1.29 is 33.3 Å². The smallest absolute Gasteiger partial charge is 0.461 e. The van der Waals surface area contributed by atoms with Gasteiger partial charge in [0.25, 0.3) is 5.56 Å². The van der Waals surface area contributed by atoms with E-state index in [0.717, 1.165) is 24.1 Å². The summed E-state index contributed by atoms with van der Waals surface area (Å²) >= 11 is 0. The third-order valence-corrected chi connectivity index (χ3v) is 7.24. The number of carbonyl (C=O) groups excluding carboxylic acids is 1. The topological polar surface area (TPSA) is 149 Å². The van der Waals surface area contributed by atoms with Crippen molar-refractivity contribution in [3.05, 3.63) is 62.9 Å². The lowest BCUT2D eigenvalue weighted by atomic mass is 9.96. The molecular weight excluding hydrogens is 493 g/mol. The van der Waals surface area contributed by atoms with E-state index < -0.39 is 49.9 Å². The van der Waals surface area contributed by atoms with E-state index in [9.17, 15) is 24.1 Å². The fourth-order valence-corrected chi connectivity index (χ4v) is 4.64. The van der Waals surface area contributed by atoms with Gasteiger partial charge >= 0.3 is 19.8 Å². The number of rotatable bonds is 10. The number of aromatic nitrogens is 2. The number of hydrogen-bond donors (Lipinski definition) is 2. The van der Waals surface area contributed by atoms with E-state index in [0.29, 0.717) is 11.3 Å². The first kappa shape index (κ1) is 26.2. The van der Waals surface area contributed by atoms with Crippen LogP contribution in [0.4, 0.5) is 0 Å². The van der Waals surface area contributed by atoms with Crippen molar-refractivity contribution in [3.63, 3.8) is 0 Å². The summed E-state index contributed by atoms with van der Waals surface area (Å²) in [6.45, 7) is 2.75. The molecule has 12 nitrogen and oxygen atoms in total. The summed E-state index contributed by atoms with van der Waals surface area (Å²) in [4.78, 5) is 45.2. The third kappa shape index (κ3) is 6.08. The number of para-hydroxylation sites is 1. The van der Waals surface area contributed by atoms with Gasteiger partial charge in [-0.3, -0.25) is 19.1 Å². The Morgan fingerprint density at radius 3 is 2.69 bits per heavy atom. The lowest BCUT2D eigenvalue weighted by Crippen LogP contribution is -2.41. The normalized spacial score (nSPS) is 23.2. The number of H-pyrrole nitrogens is 1. The second kappa shape index (κ2) is 11.4. The number of hydroxylamine groups is 1. The highest BCUT2D eigenvalue weighted by Crippen LogP contribution is 2.36. The molecular formula is C23H29N3O9P+. The lowest BCUT2D eigenvalue weighted by molar-refractivity contribution is -0.164. The van der Waals surface area contributed by atoms with Crippen molar-refractivity contribution in [2.75, 3.05) is 6.61 Å². The molecule has 1 saturated carbocycles. The summed E-state index contributed by atoms with van der Waals surface area (Å²) in [5, 5.41) is 10.4. The van der Waals surface area contributed by atoms with Gasteiger partial charge in [0, 0.05) is 18.2 Å². The summed E-state index contributed by atoms with van der Waals surface area (Å²) in [6.07, 6.45) is 1.04. The number of aliphatic hydroxyl groups excluding tert-OH is 1. The average Bonchev–Trinajstić information content (AvgIpc) is 3.20. The quantitative estimate of drug-likeness (QED) is 0.269. The van der Waals surface area contributed by atoms with Gasteiger partial charge in [-0.15, -0.1) is 4.52 Å². The molecule has 2 unspecified atom stereocenters. The Morgan fingerprint density at radius 1 is 1.31 bits per heavy atom. The summed E-state index contributed by atoms with van der Waals surface area (Å²) in [5.41, 5.74) is -0.862. The highest BCUT2D eigenvalue weighted by molar-refractivity contribution is 7.36. The Balaban J connectivity index is 1.41. The molecule has 4 rings (SSSR count). The first-order chi connectivity index (χ1) is 17.2. The maximum atomic E-state index is 13.1. The van der Waals surface area contributed by atoms with E-state index in [1.165, 1.54) is 17.7 Å². The average molecular weight is 522 g/mol. The van der Waals surface area contributed by atoms with Gasteiger partial charge in [-0.1, -0.05) is 18.2 Å². The highest BCUT2D eigenvalue weighted by Gasteiger charge is 2.46. The molecule has 2 heterocycles. The van der Waals surface area contributed by atoms with Crippen molar-refractivity contribution in [3.8, 4) is 5.75 Å². The zero-order chi connectivity index (χ0) is 25.8. The molecule has 0 radical (unpaired) electrons. The Labute approximate surface area is 207 Å². The fraction of sp³-hybridized carbons (Fsp3) is 0.522. The first-order valence-corrected chi connectivity index (χ1v) is 12.8. The van der Waals surface area contributed by atoms with Gasteiger partial charge in [-0.25, -0.2) is 4.79 Å². The van der Waals surface area contributed by atoms with Crippen LogP contribution in [0.15, 0.2) is 46.1 Å². The predicted molar refractivity (Wildman–Crippen MR) is 126 cm³/mol. The van der Waals surface area contributed by atoms with Crippen molar-refractivity contribution in [2.45, 2.75) is 70.1 Å². The van der Waals surface area contributed by atoms with E-state index in [4.69, 9.17) is 18.8 Å². The number of carbonyl (C=O) groups is 1. The summed E-state index contributed by atoms with van der Waals surface area (Å²) < 4.78 is 31.0. The van der Waals surface area contributed by atoms with Gasteiger partial charge in [0.2, 0.25) is 0 Å². The van der Waals surface area contributed by atoms with E-state index in [1.807, 2.05) is 0 Å². The zero-order valence-electron chi connectivity index (χ0n) is 19.9. The number of nitrogens with zero attached hydrogens (tertiary/aromatic N) is 2. The second-order valence-electron chi connectivity index (χ2n) is 8.82. The van der Waals surface area contributed by atoms with Gasteiger partial charge < -0.3 is 19.4 Å². The Bertz CT molecular complexity index is 1200. The van der Waals surface area contributed by atoms with Gasteiger partial charge in [0.1, 0.15) is 29.9 Å². The van der Waals surface area contributed by atoms with Crippen LogP contribution >= 0.6 is 8.18 Å². The van der Waals surface area contributed by atoms with Gasteiger partial charge in [-0.2, -0.15) is 0 Å². The second-order valence-corrected chi connectivity index (χ2v) is 9.95. The van der Waals surface area contributed by atoms with Crippen LogP contribution in [0, 0.1) is 6.92 Å². The molecule has 0 amide bonds. The largest absolute Gasteiger partial charge is 0.653 e. The minimum absolute atomic E-state index is 0.0601. The van der Waals surface area contributed by atoms with Crippen molar-refractivity contribution >= 4 is 14.1 Å². The van der Waals surface area contributed by atoms with Crippen LogP contribution in [0.2, 0.25) is 0 Å². The highest BCUT2D eigenvalue weighted by atomic mass is 31.1. The number of hydrogen-bond acceptors (Lipinski definition) is 9. The number of ether oxygens (including phenoxy) is 2. The molecule has 1 aliphatic carbocycles. The number of benzene rings is 1. The number of aromatic amines is 1. The van der Waals surface area contributed by atoms with Gasteiger partial charge in [0.15, 0.2) is 11.8 Å². The summed E-state index contributed by atoms with van der Waals surface area (Å²) in [5.74, 6) is -0.245.